The third-order valence-electron chi connectivity index (χ3n) is 4.53. The van der Waals surface area contributed by atoms with Crippen molar-refractivity contribution >= 4 is 17.0 Å². The number of aromatic nitrogens is 4. The van der Waals surface area contributed by atoms with E-state index in [1.807, 2.05) is 4.98 Å². The van der Waals surface area contributed by atoms with Crippen LogP contribution in [0, 0.1) is 6.92 Å². The third kappa shape index (κ3) is 3.73. The Morgan fingerprint density at radius 2 is 1.86 bits per heavy atom. The fourth-order valence-electron chi connectivity index (χ4n) is 3.02. The lowest BCUT2D eigenvalue weighted by molar-refractivity contribution is -0.0802. The van der Waals surface area contributed by atoms with Gasteiger partial charge in [-0.1, -0.05) is 0 Å². The number of carboxylic acids is 1. The molecule has 12 heteroatoms. The van der Waals surface area contributed by atoms with Gasteiger partial charge in [-0.15, -0.1) is 0 Å². The van der Waals surface area contributed by atoms with Gasteiger partial charge in [-0.2, -0.15) is 4.98 Å². The van der Waals surface area contributed by atoms with Crippen molar-refractivity contribution in [2.75, 3.05) is 6.61 Å². The Hall–Kier alpha value is -3.19. The number of hydrogen-bond donors (Lipinski definition) is 6. The van der Waals surface area contributed by atoms with Gasteiger partial charge in [0.25, 0.3) is 5.56 Å². The quantitative estimate of drug-likeness (QED) is 0.241. The van der Waals surface area contributed by atoms with Crippen molar-refractivity contribution in [1.82, 2.24) is 19.5 Å². The molecule has 29 heavy (non-hydrogen) atoms. The number of nitrogens with zero attached hydrogens (tertiary/aromatic N) is 3. The van der Waals surface area contributed by atoms with Crippen molar-refractivity contribution in [2.45, 2.75) is 31.8 Å². The summed E-state index contributed by atoms with van der Waals surface area (Å²) in [6, 6.07) is 2.67. The standard InChI is InChI=1S/C17H18N4O8/c1-6-2-8-9(3-7(6)16(27)28)21(4-10(23)13(25)11(24)5-22)14-12(18-8)15(26)20-17(29)19-14/h2-3,10-11,13,22-25H,4-5H2,1H3,(H,27,28)(H,20,26,29)/t10-,11+,13-/m0/s1. The molecule has 2 aliphatic rings. The van der Waals surface area contributed by atoms with Crippen molar-refractivity contribution in [3.63, 3.8) is 0 Å². The van der Waals surface area contributed by atoms with Gasteiger partial charge >= 0.3 is 11.7 Å². The molecule has 3 atom stereocenters. The molecule has 12 nitrogen and oxygen atoms in total. The molecular formula is C17H18N4O8. The Morgan fingerprint density at radius 3 is 2.48 bits per heavy atom. The highest BCUT2D eigenvalue weighted by Gasteiger charge is 2.28. The van der Waals surface area contributed by atoms with E-state index in [1.54, 1.807) is 6.92 Å². The number of benzene rings is 1. The van der Waals surface area contributed by atoms with Gasteiger partial charge in [0.1, 0.15) is 18.3 Å². The number of aromatic carboxylic acids is 1. The largest absolute Gasteiger partial charge is 0.478 e. The zero-order chi connectivity index (χ0) is 21.5. The van der Waals surface area contributed by atoms with Crippen LogP contribution in [-0.4, -0.2) is 75.9 Å². The zero-order valence-corrected chi connectivity index (χ0v) is 15.1. The molecule has 3 rings (SSSR count). The number of carboxylic acid groups (broad SMARTS) is 1. The van der Waals surface area contributed by atoms with Gasteiger partial charge < -0.3 is 30.1 Å². The topological polar surface area (TPSA) is 199 Å². The summed E-state index contributed by atoms with van der Waals surface area (Å²) in [6.45, 7) is 0.246. The van der Waals surface area contributed by atoms with Gasteiger partial charge in [0.05, 0.1) is 29.7 Å². The van der Waals surface area contributed by atoms with Crippen molar-refractivity contribution < 1.29 is 30.3 Å². The van der Waals surface area contributed by atoms with Gasteiger partial charge in [-0.05, 0) is 24.6 Å². The lowest BCUT2D eigenvalue weighted by Gasteiger charge is -2.25. The highest BCUT2D eigenvalue weighted by Crippen LogP contribution is 2.25. The molecule has 0 aliphatic carbocycles. The Balaban J connectivity index is 2.33. The molecule has 1 aromatic rings. The monoisotopic (exact) mass is 406 g/mol. The summed E-state index contributed by atoms with van der Waals surface area (Å²) in [5.41, 5.74) is -1.44. The summed E-state index contributed by atoms with van der Waals surface area (Å²) in [6.07, 6.45) is -5.06. The molecule has 1 aromatic carbocycles. The predicted octanol–water partition coefficient (Wildman–Crippen LogP) is -2.33. The minimum Gasteiger partial charge on any atom is -0.478 e. The molecule has 0 saturated carbocycles. The summed E-state index contributed by atoms with van der Waals surface area (Å²) in [7, 11) is 0. The maximum absolute atomic E-state index is 12.2. The minimum absolute atomic E-state index is 0.0787. The Labute approximate surface area is 161 Å². The molecule has 154 valence electrons. The van der Waals surface area contributed by atoms with E-state index in [0.717, 1.165) is 4.57 Å². The van der Waals surface area contributed by atoms with Crippen molar-refractivity contribution in [1.29, 1.82) is 0 Å². The number of aryl methyl sites for hydroxylation is 1. The van der Waals surface area contributed by atoms with E-state index >= 15 is 0 Å². The first-order valence-corrected chi connectivity index (χ1v) is 8.47. The zero-order valence-electron chi connectivity index (χ0n) is 15.1. The number of rotatable bonds is 6. The van der Waals surface area contributed by atoms with Crippen LogP contribution in [0.5, 0.6) is 0 Å². The van der Waals surface area contributed by atoms with E-state index in [0.29, 0.717) is 5.56 Å². The summed E-state index contributed by atoms with van der Waals surface area (Å²) in [5.74, 6) is -1.47. The Kier molecular flexibility index (Phi) is 5.44. The third-order valence-corrected chi connectivity index (χ3v) is 4.53. The average molecular weight is 406 g/mol. The van der Waals surface area contributed by atoms with Crippen LogP contribution in [0.15, 0.2) is 21.7 Å². The van der Waals surface area contributed by atoms with Crippen molar-refractivity contribution in [3.05, 3.63) is 44.1 Å². The van der Waals surface area contributed by atoms with Crippen LogP contribution < -0.4 is 11.2 Å². The van der Waals surface area contributed by atoms with Gasteiger partial charge in [0.15, 0.2) is 11.5 Å². The first-order valence-electron chi connectivity index (χ1n) is 8.47. The number of carbonyl (C=O) groups is 1. The van der Waals surface area contributed by atoms with E-state index < -0.39 is 48.7 Å². The van der Waals surface area contributed by atoms with E-state index in [2.05, 4.69) is 9.97 Å². The average Bonchev–Trinajstić information content (AvgIpc) is 2.66. The number of aromatic amines is 1. The second-order valence-electron chi connectivity index (χ2n) is 6.53. The molecule has 2 heterocycles. The number of hydrogen-bond acceptors (Lipinski definition) is 9. The predicted molar refractivity (Wildman–Crippen MR) is 97.8 cm³/mol. The molecular weight excluding hydrogens is 388 g/mol. The first kappa shape index (κ1) is 20.5. The maximum Gasteiger partial charge on any atom is 0.349 e. The Bertz CT molecular complexity index is 1170. The molecule has 2 aliphatic heterocycles. The van der Waals surface area contributed by atoms with Crippen molar-refractivity contribution in [3.8, 4) is 11.5 Å². The SMILES string of the molecule is Cc1cc2nc3c(=O)[nH]c(=O)nc-3n(C[C@H](O)[C@H](O)[C@H](O)CO)c2cc1C(=O)O. The van der Waals surface area contributed by atoms with Crippen LogP contribution in [0.1, 0.15) is 15.9 Å². The molecule has 0 amide bonds. The molecule has 0 bridgehead atoms. The highest BCUT2D eigenvalue weighted by atomic mass is 16.4. The molecule has 0 saturated heterocycles. The molecule has 0 radical (unpaired) electrons. The summed E-state index contributed by atoms with van der Waals surface area (Å²) in [5, 5.41) is 48.2. The smallest absolute Gasteiger partial charge is 0.349 e. The Morgan fingerprint density at radius 1 is 1.17 bits per heavy atom. The van der Waals surface area contributed by atoms with Gasteiger partial charge in [0, 0.05) is 0 Å². The lowest BCUT2D eigenvalue weighted by Crippen LogP contribution is -2.42. The second-order valence-corrected chi connectivity index (χ2v) is 6.53. The summed E-state index contributed by atoms with van der Waals surface area (Å²) < 4.78 is 1.16. The fourth-order valence-corrected chi connectivity index (χ4v) is 3.02. The van der Waals surface area contributed by atoms with E-state index in [4.69, 9.17) is 5.11 Å². The second kappa shape index (κ2) is 7.67. The molecule has 0 fully saturated rings. The number of nitrogens with one attached hydrogen (secondary N) is 1. The maximum atomic E-state index is 12.2. The van der Waals surface area contributed by atoms with Gasteiger partial charge in [-0.3, -0.25) is 9.78 Å². The van der Waals surface area contributed by atoms with Crippen LogP contribution in [-0.2, 0) is 6.54 Å². The first-order chi connectivity index (χ1) is 13.6. The lowest BCUT2D eigenvalue weighted by atomic mass is 10.1. The van der Waals surface area contributed by atoms with Gasteiger partial charge in [-0.25, -0.2) is 14.6 Å². The van der Waals surface area contributed by atoms with E-state index in [9.17, 15) is 34.8 Å². The van der Waals surface area contributed by atoms with Crippen LogP contribution in [0.3, 0.4) is 0 Å². The normalized spacial score (nSPS) is 14.8. The molecule has 6 N–H and O–H groups in total. The van der Waals surface area contributed by atoms with E-state index in [-0.39, 0.29) is 28.1 Å². The van der Waals surface area contributed by atoms with Crippen LogP contribution in [0.4, 0.5) is 0 Å². The van der Waals surface area contributed by atoms with Crippen molar-refractivity contribution in [2.24, 2.45) is 0 Å². The molecule has 0 unspecified atom stereocenters. The number of aliphatic hydroxyl groups is 4. The fraction of sp³-hybridized carbons (Fsp3) is 0.353. The van der Waals surface area contributed by atoms with Crippen LogP contribution >= 0.6 is 0 Å². The number of H-pyrrole nitrogens is 1. The number of fused-ring (bicyclic) bond motifs is 2. The van der Waals surface area contributed by atoms with E-state index in [1.165, 1.54) is 12.1 Å². The molecule has 0 spiro atoms. The van der Waals surface area contributed by atoms with Gasteiger partial charge in [0.2, 0.25) is 0 Å². The highest BCUT2D eigenvalue weighted by molar-refractivity contribution is 5.94. The van der Waals surface area contributed by atoms with Crippen LogP contribution in [0.25, 0.3) is 22.6 Å². The minimum atomic E-state index is -1.76. The summed E-state index contributed by atoms with van der Waals surface area (Å²) in [4.78, 5) is 45.2. The number of aliphatic hydroxyl groups excluding tert-OH is 4. The van der Waals surface area contributed by atoms with Crippen LogP contribution in [0.2, 0.25) is 0 Å². The summed E-state index contributed by atoms with van der Waals surface area (Å²) >= 11 is 0. The molecule has 0 aromatic heterocycles.